The van der Waals surface area contributed by atoms with E-state index in [1.807, 2.05) is 36.4 Å². The Bertz CT molecular complexity index is 1160. The number of unbranched alkanes of at least 4 members (excludes halogenated alkanes) is 1. The van der Waals surface area contributed by atoms with Crippen LogP contribution in [0, 0.1) is 5.82 Å². The van der Waals surface area contributed by atoms with E-state index < -0.39 is 17.0 Å². The van der Waals surface area contributed by atoms with E-state index in [9.17, 15) is 19.4 Å². The molecule has 1 heterocycles. The van der Waals surface area contributed by atoms with E-state index in [2.05, 4.69) is 9.55 Å². The number of aryl methyl sites for hydroxylation is 1. The van der Waals surface area contributed by atoms with E-state index in [4.69, 9.17) is 0 Å². The standard InChI is InChI=1S/C28H35FN2O3/c1-27(2,33)20-16-23(29)26-24(17-20)31(21-12-9-13-21)25(30-26)15-8-7-14-22(32)18-28(3,34)19-10-5-4-6-11-19/h4-6,10-11,16-17,21,33-34H,7-9,12-15,18H2,1-3H3. The summed E-state index contributed by atoms with van der Waals surface area (Å²) < 4.78 is 17.0. The Hall–Kier alpha value is -2.57. The molecular weight excluding hydrogens is 431 g/mol. The lowest BCUT2D eigenvalue weighted by Gasteiger charge is -2.29. The summed E-state index contributed by atoms with van der Waals surface area (Å²) in [6, 6.07) is 12.8. The van der Waals surface area contributed by atoms with Crippen LogP contribution in [0.3, 0.4) is 0 Å². The molecule has 0 bridgehead atoms. The third-order valence-electron chi connectivity index (χ3n) is 7.01. The Morgan fingerprint density at radius 1 is 1.09 bits per heavy atom. The Balaban J connectivity index is 1.43. The third kappa shape index (κ3) is 5.23. The number of benzene rings is 2. The number of aliphatic hydroxyl groups is 2. The molecule has 5 nitrogen and oxygen atoms in total. The van der Waals surface area contributed by atoms with E-state index >= 15 is 0 Å². The summed E-state index contributed by atoms with van der Waals surface area (Å²) in [5.74, 6) is 0.463. The number of rotatable bonds is 10. The van der Waals surface area contributed by atoms with Crippen LogP contribution in [-0.4, -0.2) is 25.5 Å². The van der Waals surface area contributed by atoms with Gasteiger partial charge < -0.3 is 14.8 Å². The number of Topliss-reactive ketones (excluding diaryl/α,β-unsaturated/α-hetero) is 1. The Morgan fingerprint density at radius 3 is 2.41 bits per heavy atom. The van der Waals surface area contributed by atoms with Crippen LogP contribution in [0.25, 0.3) is 11.0 Å². The number of halogens is 1. The Kier molecular flexibility index (Phi) is 6.92. The molecule has 0 amide bonds. The summed E-state index contributed by atoms with van der Waals surface area (Å²) in [6.07, 6.45) is 5.81. The number of fused-ring (bicyclic) bond motifs is 1. The van der Waals surface area contributed by atoms with E-state index in [1.165, 1.54) is 6.07 Å². The molecule has 182 valence electrons. The average molecular weight is 467 g/mol. The van der Waals surface area contributed by atoms with Crippen LogP contribution in [0.1, 0.15) is 88.7 Å². The van der Waals surface area contributed by atoms with Crippen molar-refractivity contribution in [2.45, 2.75) is 89.4 Å². The van der Waals surface area contributed by atoms with Crippen LogP contribution in [0.15, 0.2) is 42.5 Å². The van der Waals surface area contributed by atoms with Gasteiger partial charge in [0.25, 0.3) is 0 Å². The van der Waals surface area contributed by atoms with Crippen LogP contribution in [0.5, 0.6) is 0 Å². The van der Waals surface area contributed by atoms with E-state index in [0.29, 0.717) is 36.4 Å². The summed E-state index contributed by atoms with van der Waals surface area (Å²) >= 11 is 0. The zero-order chi connectivity index (χ0) is 24.5. The number of hydrogen-bond donors (Lipinski definition) is 2. The fourth-order valence-corrected chi connectivity index (χ4v) is 4.76. The number of carbonyl (C=O) groups excluding carboxylic acids is 1. The number of hydrogen-bond acceptors (Lipinski definition) is 4. The maximum absolute atomic E-state index is 14.9. The quantitative estimate of drug-likeness (QED) is 0.376. The van der Waals surface area contributed by atoms with Crippen LogP contribution in [0.2, 0.25) is 0 Å². The minimum absolute atomic E-state index is 0.0298. The van der Waals surface area contributed by atoms with Crippen molar-refractivity contribution < 1.29 is 19.4 Å². The maximum Gasteiger partial charge on any atom is 0.151 e. The van der Waals surface area contributed by atoms with Crippen LogP contribution >= 0.6 is 0 Å². The van der Waals surface area contributed by atoms with Crippen molar-refractivity contribution in [1.82, 2.24) is 9.55 Å². The molecule has 1 aliphatic carbocycles. The summed E-state index contributed by atoms with van der Waals surface area (Å²) in [4.78, 5) is 17.2. The lowest BCUT2D eigenvalue weighted by Crippen LogP contribution is -2.25. The van der Waals surface area contributed by atoms with Gasteiger partial charge in [-0.1, -0.05) is 30.3 Å². The van der Waals surface area contributed by atoms with Gasteiger partial charge in [-0.2, -0.15) is 0 Å². The molecule has 34 heavy (non-hydrogen) atoms. The summed E-state index contributed by atoms with van der Waals surface area (Å²) in [5, 5.41) is 21.1. The highest BCUT2D eigenvalue weighted by atomic mass is 19.1. The van der Waals surface area contributed by atoms with Crippen molar-refractivity contribution in [2.75, 3.05) is 0 Å². The fraction of sp³-hybridized carbons (Fsp3) is 0.500. The minimum atomic E-state index is -1.17. The van der Waals surface area contributed by atoms with Gasteiger partial charge in [0.15, 0.2) is 5.82 Å². The largest absolute Gasteiger partial charge is 0.386 e. The molecular formula is C28H35FN2O3. The van der Waals surface area contributed by atoms with E-state index in [1.54, 1.807) is 20.8 Å². The van der Waals surface area contributed by atoms with Crippen molar-refractivity contribution in [3.05, 3.63) is 65.2 Å². The topological polar surface area (TPSA) is 75.3 Å². The van der Waals surface area contributed by atoms with Crippen LogP contribution in [0.4, 0.5) is 4.39 Å². The summed E-state index contributed by atoms with van der Waals surface area (Å²) in [6.45, 7) is 4.99. The molecule has 4 rings (SSSR count). The van der Waals surface area contributed by atoms with Crippen molar-refractivity contribution in [2.24, 2.45) is 0 Å². The molecule has 1 atom stereocenters. The van der Waals surface area contributed by atoms with Gasteiger partial charge >= 0.3 is 0 Å². The van der Waals surface area contributed by atoms with Gasteiger partial charge in [0, 0.05) is 25.3 Å². The fourth-order valence-electron chi connectivity index (χ4n) is 4.76. The van der Waals surface area contributed by atoms with Crippen LogP contribution in [-0.2, 0) is 22.4 Å². The highest BCUT2D eigenvalue weighted by Crippen LogP contribution is 2.38. The summed E-state index contributed by atoms with van der Waals surface area (Å²) in [7, 11) is 0. The van der Waals surface area contributed by atoms with Gasteiger partial charge in [0.05, 0.1) is 16.7 Å². The van der Waals surface area contributed by atoms with Crippen molar-refractivity contribution in [3.8, 4) is 0 Å². The monoisotopic (exact) mass is 466 g/mol. The number of imidazole rings is 1. The van der Waals surface area contributed by atoms with Gasteiger partial charge in [-0.15, -0.1) is 0 Å². The highest BCUT2D eigenvalue weighted by molar-refractivity contribution is 5.80. The van der Waals surface area contributed by atoms with Crippen molar-refractivity contribution >= 4 is 16.8 Å². The second-order valence-electron chi connectivity index (χ2n) is 10.4. The molecule has 6 heteroatoms. The number of nitrogens with zero attached hydrogens (tertiary/aromatic N) is 2. The predicted molar refractivity (Wildman–Crippen MR) is 131 cm³/mol. The zero-order valence-corrected chi connectivity index (χ0v) is 20.4. The van der Waals surface area contributed by atoms with Crippen molar-refractivity contribution in [3.63, 3.8) is 0 Å². The molecule has 1 saturated carbocycles. The number of aromatic nitrogens is 2. The molecule has 2 aromatic carbocycles. The van der Waals surface area contributed by atoms with Gasteiger partial charge in [0.2, 0.25) is 0 Å². The zero-order valence-electron chi connectivity index (χ0n) is 20.4. The smallest absolute Gasteiger partial charge is 0.151 e. The van der Waals surface area contributed by atoms with E-state index in [0.717, 1.165) is 42.6 Å². The number of ketones is 1. The molecule has 3 aromatic rings. The third-order valence-corrected chi connectivity index (χ3v) is 7.01. The molecule has 1 unspecified atom stereocenters. The highest BCUT2D eigenvalue weighted by Gasteiger charge is 2.28. The van der Waals surface area contributed by atoms with Crippen molar-refractivity contribution in [1.29, 1.82) is 0 Å². The van der Waals surface area contributed by atoms with Gasteiger partial charge in [0.1, 0.15) is 17.1 Å². The first kappa shape index (κ1) is 24.6. The van der Waals surface area contributed by atoms with Gasteiger partial charge in [-0.05, 0) is 76.1 Å². The molecule has 1 fully saturated rings. The average Bonchev–Trinajstić information content (AvgIpc) is 3.08. The first-order valence-corrected chi connectivity index (χ1v) is 12.3. The molecule has 1 aromatic heterocycles. The first-order chi connectivity index (χ1) is 16.1. The molecule has 0 saturated heterocycles. The molecule has 0 radical (unpaired) electrons. The Labute approximate surface area is 200 Å². The lowest BCUT2D eigenvalue weighted by atomic mass is 9.89. The predicted octanol–water partition coefficient (Wildman–Crippen LogP) is 5.71. The first-order valence-electron chi connectivity index (χ1n) is 12.3. The second-order valence-corrected chi connectivity index (χ2v) is 10.4. The maximum atomic E-state index is 14.9. The molecule has 2 N–H and O–H groups in total. The van der Waals surface area contributed by atoms with Gasteiger partial charge in [-0.3, -0.25) is 4.79 Å². The minimum Gasteiger partial charge on any atom is -0.386 e. The number of carbonyl (C=O) groups is 1. The normalized spacial score (nSPS) is 16.4. The van der Waals surface area contributed by atoms with Crippen LogP contribution < -0.4 is 0 Å². The molecule has 1 aliphatic rings. The molecule has 0 spiro atoms. The second kappa shape index (κ2) is 9.59. The summed E-state index contributed by atoms with van der Waals surface area (Å²) in [5.41, 5.74) is 0.0691. The van der Waals surface area contributed by atoms with Gasteiger partial charge in [-0.25, -0.2) is 9.37 Å². The lowest BCUT2D eigenvalue weighted by molar-refractivity contribution is -0.123. The van der Waals surface area contributed by atoms with E-state index in [-0.39, 0.29) is 12.2 Å². The Morgan fingerprint density at radius 2 is 1.79 bits per heavy atom. The SMILES string of the molecule is CC(C)(O)c1cc(F)c2nc(CCCCC(=O)CC(C)(O)c3ccccc3)n(C3CCC3)c2c1. The molecule has 0 aliphatic heterocycles.